The highest BCUT2D eigenvalue weighted by Gasteiger charge is 2.18. The highest BCUT2D eigenvalue weighted by molar-refractivity contribution is 8.00. The Hall–Kier alpha value is -2.31. The average molecular weight is 360 g/mol. The van der Waals surface area contributed by atoms with Crippen LogP contribution in [0.25, 0.3) is 11.5 Å². The minimum atomic E-state index is -0.384. The molecule has 0 fully saturated rings. The van der Waals surface area contributed by atoms with E-state index >= 15 is 0 Å². The molecule has 0 bridgehead atoms. The number of amides is 1. The number of hydrogen-bond acceptors (Lipinski definition) is 5. The van der Waals surface area contributed by atoms with Crippen LogP contribution in [0, 0.1) is 0 Å². The van der Waals surface area contributed by atoms with Gasteiger partial charge in [-0.2, -0.15) is 0 Å². The number of nitrogens with zero attached hydrogens (tertiary/aromatic N) is 2. The maximum Gasteiger partial charge on any atom is 0.277 e. The number of carbonyl (C=O) groups is 1. The first-order chi connectivity index (χ1) is 11.6. The molecule has 1 heterocycles. The molecule has 0 radical (unpaired) electrons. The standard InChI is InChI=1S/C17H14ClN3O2S/c1-11(15(22)19-14-9-7-13(18)8-10-14)24-17-21-20-16(23-17)12-5-3-2-4-6-12/h2-11H,1H3,(H,19,22)/t11-/m0/s1. The van der Waals surface area contributed by atoms with E-state index in [2.05, 4.69) is 15.5 Å². The Morgan fingerprint density at radius 2 is 1.83 bits per heavy atom. The van der Waals surface area contributed by atoms with Gasteiger partial charge in [0.1, 0.15) is 0 Å². The molecule has 24 heavy (non-hydrogen) atoms. The third-order valence-corrected chi connectivity index (χ3v) is 4.37. The number of hydrogen-bond donors (Lipinski definition) is 1. The summed E-state index contributed by atoms with van der Waals surface area (Å²) < 4.78 is 5.60. The number of aromatic nitrogens is 2. The zero-order valence-electron chi connectivity index (χ0n) is 12.8. The molecule has 0 unspecified atom stereocenters. The number of carbonyl (C=O) groups excluding carboxylic acids is 1. The number of nitrogens with one attached hydrogen (secondary N) is 1. The van der Waals surface area contributed by atoms with E-state index in [1.54, 1.807) is 31.2 Å². The Morgan fingerprint density at radius 3 is 2.54 bits per heavy atom. The van der Waals surface area contributed by atoms with Crippen LogP contribution < -0.4 is 5.32 Å². The fourth-order valence-electron chi connectivity index (χ4n) is 1.94. The number of rotatable bonds is 5. The Balaban J connectivity index is 1.62. The van der Waals surface area contributed by atoms with E-state index in [9.17, 15) is 4.79 Å². The van der Waals surface area contributed by atoms with Gasteiger partial charge in [0, 0.05) is 16.3 Å². The average Bonchev–Trinajstić information content (AvgIpc) is 3.06. The van der Waals surface area contributed by atoms with E-state index < -0.39 is 0 Å². The van der Waals surface area contributed by atoms with Crippen molar-refractivity contribution in [3.05, 3.63) is 59.6 Å². The predicted molar refractivity (Wildman–Crippen MR) is 95.1 cm³/mol. The smallest absolute Gasteiger partial charge is 0.277 e. The van der Waals surface area contributed by atoms with Crippen LogP contribution in [-0.2, 0) is 4.79 Å². The van der Waals surface area contributed by atoms with Crippen LogP contribution in [-0.4, -0.2) is 21.4 Å². The summed E-state index contributed by atoms with van der Waals surface area (Å²) >= 11 is 7.04. The molecule has 3 rings (SSSR count). The summed E-state index contributed by atoms with van der Waals surface area (Å²) in [6.45, 7) is 1.78. The van der Waals surface area contributed by atoms with Crippen LogP contribution in [0.3, 0.4) is 0 Å². The van der Waals surface area contributed by atoms with E-state index in [0.717, 1.165) is 5.56 Å². The topological polar surface area (TPSA) is 68.0 Å². The van der Waals surface area contributed by atoms with Crippen LogP contribution in [0.4, 0.5) is 5.69 Å². The Kier molecular flexibility index (Phi) is 5.17. The molecule has 1 atom stereocenters. The molecule has 122 valence electrons. The molecule has 5 nitrogen and oxygen atoms in total. The van der Waals surface area contributed by atoms with Gasteiger partial charge in [-0.15, -0.1) is 10.2 Å². The van der Waals surface area contributed by atoms with Gasteiger partial charge in [0.25, 0.3) is 5.22 Å². The Labute approximate surface area is 148 Å². The van der Waals surface area contributed by atoms with Crippen molar-refractivity contribution < 1.29 is 9.21 Å². The van der Waals surface area contributed by atoms with Crippen molar-refractivity contribution in [2.45, 2.75) is 17.4 Å². The van der Waals surface area contributed by atoms with Gasteiger partial charge in [-0.3, -0.25) is 4.79 Å². The van der Waals surface area contributed by atoms with Crippen LogP contribution in [0.15, 0.2) is 64.2 Å². The van der Waals surface area contributed by atoms with Crippen molar-refractivity contribution in [1.29, 1.82) is 0 Å². The van der Waals surface area contributed by atoms with Crippen molar-refractivity contribution in [2.75, 3.05) is 5.32 Å². The minimum absolute atomic E-state index is 0.151. The van der Waals surface area contributed by atoms with Gasteiger partial charge >= 0.3 is 0 Å². The maximum absolute atomic E-state index is 12.2. The highest BCUT2D eigenvalue weighted by Crippen LogP contribution is 2.26. The molecule has 0 spiro atoms. The van der Waals surface area contributed by atoms with E-state index in [-0.39, 0.29) is 11.2 Å². The van der Waals surface area contributed by atoms with Crippen molar-refractivity contribution in [2.24, 2.45) is 0 Å². The molecule has 7 heteroatoms. The van der Waals surface area contributed by atoms with Crippen LogP contribution in [0.2, 0.25) is 5.02 Å². The summed E-state index contributed by atoms with van der Waals surface area (Å²) in [6.07, 6.45) is 0. The molecular weight excluding hydrogens is 346 g/mol. The summed E-state index contributed by atoms with van der Waals surface area (Å²) in [7, 11) is 0. The van der Waals surface area contributed by atoms with Crippen LogP contribution in [0.1, 0.15) is 6.92 Å². The summed E-state index contributed by atoms with van der Waals surface area (Å²) in [5.74, 6) is 0.283. The summed E-state index contributed by atoms with van der Waals surface area (Å²) in [5, 5.41) is 11.4. The fraction of sp³-hybridized carbons (Fsp3) is 0.118. The highest BCUT2D eigenvalue weighted by atomic mass is 35.5. The van der Waals surface area contributed by atoms with E-state index in [1.165, 1.54) is 11.8 Å². The Bertz CT molecular complexity index is 821. The first kappa shape index (κ1) is 16.5. The lowest BCUT2D eigenvalue weighted by molar-refractivity contribution is -0.115. The second-order valence-electron chi connectivity index (χ2n) is 5.00. The number of anilines is 1. The second-order valence-corrected chi connectivity index (χ2v) is 6.72. The lowest BCUT2D eigenvalue weighted by atomic mass is 10.2. The molecule has 1 N–H and O–H groups in total. The lowest BCUT2D eigenvalue weighted by Gasteiger charge is -2.09. The normalized spacial score (nSPS) is 11.9. The second kappa shape index (κ2) is 7.51. The van der Waals surface area contributed by atoms with Crippen LogP contribution >= 0.6 is 23.4 Å². The van der Waals surface area contributed by atoms with Crippen molar-refractivity contribution in [3.63, 3.8) is 0 Å². The molecule has 2 aromatic carbocycles. The first-order valence-corrected chi connectivity index (χ1v) is 8.49. The molecular formula is C17H14ClN3O2S. The molecule has 1 amide bonds. The number of thioether (sulfide) groups is 1. The lowest BCUT2D eigenvalue weighted by Crippen LogP contribution is -2.22. The van der Waals surface area contributed by atoms with Gasteiger partial charge in [0.05, 0.1) is 5.25 Å². The van der Waals surface area contributed by atoms with E-state index in [1.807, 2.05) is 30.3 Å². The molecule has 1 aromatic heterocycles. The first-order valence-electron chi connectivity index (χ1n) is 7.24. The quantitative estimate of drug-likeness (QED) is 0.679. The molecule has 0 aliphatic heterocycles. The number of benzene rings is 2. The molecule has 0 aliphatic carbocycles. The van der Waals surface area contributed by atoms with Gasteiger partial charge in [0.15, 0.2) is 0 Å². The molecule has 0 saturated carbocycles. The third kappa shape index (κ3) is 4.15. The van der Waals surface area contributed by atoms with Gasteiger partial charge in [0.2, 0.25) is 11.8 Å². The minimum Gasteiger partial charge on any atom is -0.411 e. The molecule has 0 saturated heterocycles. The summed E-state index contributed by atoms with van der Waals surface area (Å²) in [4.78, 5) is 12.2. The Morgan fingerprint density at radius 1 is 1.12 bits per heavy atom. The van der Waals surface area contributed by atoms with Gasteiger partial charge in [-0.1, -0.05) is 41.6 Å². The van der Waals surface area contributed by atoms with E-state index in [0.29, 0.717) is 21.8 Å². The fourth-order valence-corrected chi connectivity index (χ4v) is 2.75. The van der Waals surface area contributed by atoms with Gasteiger partial charge < -0.3 is 9.73 Å². The SMILES string of the molecule is C[C@H](Sc1nnc(-c2ccccc2)o1)C(=O)Nc1ccc(Cl)cc1. The summed E-state index contributed by atoms with van der Waals surface area (Å²) in [5.41, 5.74) is 1.53. The van der Waals surface area contributed by atoms with Gasteiger partial charge in [-0.25, -0.2) is 0 Å². The zero-order chi connectivity index (χ0) is 16.9. The van der Waals surface area contributed by atoms with Crippen LogP contribution in [0.5, 0.6) is 0 Å². The number of halogens is 1. The monoisotopic (exact) mass is 359 g/mol. The van der Waals surface area contributed by atoms with Gasteiger partial charge in [-0.05, 0) is 43.3 Å². The maximum atomic E-state index is 12.2. The van der Waals surface area contributed by atoms with Crippen molar-refractivity contribution in [1.82, 2.24) is 10.2 Å². The molecule has 0 aliphatic rings. The van der Waals surface area contributed by atoms with Crippen molar-refractivity contribution in [3.8, 4) is 11.5 Å². The third-order valence-electron chi connectivity index (χ3n) is 3.19. The molecule has 3 aromatic rings. The largest absolute Gasteiger partial charge is 0.411 e. The predicted octanol–water partition coefficient (Wildman–Crippen LogP) is 4.51. The summed E-state index contributed by atoms with van der Waals surface area (Å²) in [6, 6.07) is 16.4. The van der Waals surface area contributed by atoms with E-state index in [4.69, 9.17) is 16.0 Å². The zero-order valence-corrected chi connectivity index (χ0v) is 14.3. The van der Waals surface area contributed by atoms with Crippen molar-refractivity contribution >= 4 is 35.0 Å².